The summed E-state index contributed by atoms with van der Waals surface area (Å²) in [5.74, 6) is -0.266. The molecule has 3 nitrogen and oxygen atoms in total. The SMILES string of the molecule is OB(O)c1ccc(OC2Cc3ccccc3C2)cc1F. The van der Waals surface area contributed by atoms with Crippen molar-refractivity contribution in [3.8, 4) is 5.75 Å². The number of hydrogen-bond acceptors (Lipinski definition) is 3. The second kappa shape index (κ2) is 5.27. The standard InChI is InChI=1S/C15H14BFO3/c17-15-9-12(5-6-14(15)16(18)19)20-13-7-10-3-1-2-4-11(10)8-13/h1-6,9,13,18-19H,7-8H2. The van der Waals surface area contributed by atoms with Gasteiger partial charge >= 0.3 is 7.12 Å². The van der Waals surface area contributed by atoms with Gasteiger partial charge in [0.1, 0.15) is 17.7 Å². The predicted molar refractivity (Wildman–Crippen MR) is 74.5 cm³/mol. The molecule has 5 heteroatoms. The van der Waals surface area contributed by atoms with Crippen molar-refractivity contribution >= 4 is 12.6 Å². The number of halogens is 1. The van der Waals surface area contributed by atoms with E-state index in [1.54, 1.807) is 6.07 Å². The topological polar surface area (TPSA) is 49.7 Å². The number of benzene rings is 2. The third-order valence-corrected chi connectivity index (χ3v) is 3.57. The van der Waals surface area contributed by atoms with Gasteiger partial charge in [-0.3, -0.25) is 0 Å². The molecule has 2 aromatic carbocycles. The molecule has 3 rings (SSSR count). The Labute approximate surface area is 116 Å². The first-order valence-electron chi connectivity index (χ1n) is 6.52. The van der Waals surface area contributed by atoms with E-state index in [2.05, 4.69) is 12.1 Å². The van der Waals surface area contributed by atoms with Crippen LogP contribution in [0.5, 0.6) is 5.75 Å². The summed E-state index contributed by atoms with van der Waals surface area (Å²) in [5, 5.41) is 17.9. The molecule has 0 radical (unpaired) electrons. The van der Waals surface area contributed by atoms with Gasteiger partial charge in [0.05, 0.1) is 0 Å². The van der Waals surface area contributed by atoms with Crippen LogP contribution in [0, 0.1) is 5.82 Å². The van der Waals surface area contributed by atoms with Crippen molar-refractivity contribution < 1.29 is 19.2 Å². The molecule has 0 saturated heterocycles. The van der Waals surface area contributed by atoms with Crippen LogP contribution in [0.4, 0.5) is 4.39 Å². The Morgan fingerprint density at radius 1 is 1.05 bits per heavy atom. The first-order valence-corrected chi connectivity index (χ1v) is 6.52. The molecule has 2 aromatic rings. The number of hydrogen-bond donors (Lipinski definition) is 2. The molecule has 0 amide bonds. The van der Waals surface area contributed by atoms with E-state index in [0.717, 1.165) is 12.8 Å². The van der Waals surface area contributed by atoms with Crippen molar-refractivity contribution in [1.82, 2.24) is 0 Å². The molecule has 0 aromatic heterocycles. The summed E-state index contributed by atoms with van der Waals surface area (Å²) >= 11 is 0. The van der Waals surface area contributed by atoms with E-state index < -0.39 is 12.9 Å². The lowest BCUT2D eigenvalue weighted by Crippen LogP contribution is -2.32. The highest BCUT2D eigenvalue weighted by molar-refractivity contribution is 6.58. The number of fused-ring (bicyclic) bond motifs is 1. The second-order valence-electron chi connectivity index (χ2n) is 4.97. The van der Waals surface area contributed by atoms with Crippen LogP contribution in [0.15, 0.2) is 42.5 Å². The summed E-state index contributed by atoms with van der Waals surface area (Å²) in [4.78, 5) is 0. The zero-order valence-corrected chi connectivity index (χ0v) is 10.8. The lowest BCUT2D eigenvalue weighted by Gasteiger charge is -2.14. The maximum absolute atomic E-state index is 13.6. The Bertz CT molecular complexity index is 605. The zero-order chi connectivity index (χ0) is 14.1. The van der Waals surface area contributed by atoms with Crippen LogP contribution in [0.3, 0.4) is 0 Å². The van der Waals surface area contributed by atoms with Gasteiger partial charge in [0.25, 0.3) is 0 Å². The predicted octanol–water partition coefficient (Wildman–Crippen LogP) is 1.05. The van der Waals surface area contributed by atoms with Gasteiger partial charge in [0.15, 0.2) is 0 Å². The molecule has 20 heavy (non-hydrogen) atoms. The van der Waals surface area contributed by atoms with E-state index >= 15 is 0 Å². The van der Waals surface area contributed by atoms with Gasteiger partial charge in [-0.2, -0.15) is 0 Å². The molecule has 0 atom stereocenters. The van der Waals surface area contributed by atoms with Gasteiger partial charge in [0.2, 0.25) is 0 Å². The van der Waals surface area contributed by atoms with Crippen LogP contribution in [-0.4, -0.2) is 23.3 Å². The molecule has 102 valence electrons. The van der Waals surface area contributed by atoms with Gasteiger partial charge < -0.3 is 14.8 Å². The number of ether oxygens (including phenoxy) is 1. The fraction of sp³-hybridized carbons (Fsp3) is 0.200. The smallest absolute Gasteiger partial charge is 0.490 e. The largest absolute Gasteiger partial charge is 0.491 e. The Hall–Kier alpha value is -1.85. The van der Waals surface area contributed by atoms with Crippen LogP contribution < -0.4 is 10.2 Å². The number of rotatable bonds is 3. The van der Waals surface area contributed by atoms with Crippen molar-refractivity contribution in [2.24, 2.45) is 0 Å². The molecular weight excluding hydrogens is 258 g/mol. The quantitative estimate of drug-likeness (QED) is 0.821. The summed E-state index contributed by atoms with van der Waals surface area (Å²) in [5.41, 5.74) is 2.38. The minimum absolute atomic E-state index is 0.00306. The summed E-state index contributed by atoms with van der Waals surface area (Å²) in [7, 11) is -1.81. The maximum Gasteiger partial charge on any atom is 0.491 e. The lowest BCUT2D eigenvalue weighted by molar-refractivity contribution is 0.213. The molecule has 0 fully saturated rings. The van der Waals surface area contributed by atoms with E-state index in [1.165, 1.54) is 23.3 Å². The van der Waals surface area contributed by atoms with Crippen molar-refractivity contribution in [2.45, 2.75) is 18.9 Å². The van der Waals surface area contributed by atoms with Crippen molar-refractivity contribution in [3.05, 3.63) is 59.4 Å². The second-order valence-corrected chi connectivity index (χ2v) is 4.97. The van der Waals surface area contributed by atoms with Crippen molar-refractivity contribution in [2.75, 3.05) is 0 Å². The average molecular weight is 272 g/mol. The molecule has 0 unspecified atom stereocenters. The Kier molecular flexibility index (Phi) is 3.46. The van der Waals surface area contributed by atoms with Crippen molar-refractivity contribution in [3.63, 3.8) is 0 Å². The van der Waals surface area contributed by atoms with Crippen LogP contribution >= 0.6 is 0 Å². The summed E-state index contributed by atoms with van der Waals surface area (Å²) in [6.07, 6.45) is 1.61. The van der Waals surface area contributed by atoms with Gasteiger partial charge in [-0.15, -0.1) is 0 Å². The third kappa shape index (κ3) is 2.55. The zero-order valence-electron chi connectivity index (χ0n) is 10.8. The third-order valence-electron chi connectivity index (χ3n) is 3.57. The van der Waals surface area contributed by atoms with E-state index in [-0.39, 0.29) is 11.6 Å². The molecular formula is C15H14BFO3. The van der Waals surface area contributed by atoms with Crippen LogP contribution in [0.2, 0.25) is 0 Å². The molecule has 0 bridgehead atoms. The van der Waals surface area contributed by atoms with Crippen LogP contribution in [-0.2, 0) is 12.8 Å². The summed E-state index contributed by atoms with van der Waals surface area (Å²) in [6, 6.07) is 12.2. The molecule has 0 aliphatic heterocycles. The normalized spacial score (nSPS) is 14.2. The molecule has 1 aliphatic carbocycles. The van der Waals surface area contributed by atoms with E-state index in [4.69, 9.17) is 14.8 Å². The van der Waals surface area contributed by atoms with E-state index in [9.17, 15) is 4.39 Å². The van der Waals surface area contributed by atoms with Crippen molar-refractivity contribution in [1.29, 1.82) is 0 Å². The Morgan fingerprint density at radius 3 is 2.25 bits per heavy atom. The molecule has 0 saturated carbocycles. The van der Waals surface area contributed by atoms with E-state index in [1.807, 2.05) is 12.1 Å². The highest BCUT2D eigenvalue weighted by Gasteiger charge is 2.23. The minimum atomic E-state index is -1.81. The fourth-order valence-corrected chi connectivity index (χ4v) is 2.58. The Morgan fingerprint density at radius 2 is 1.70 bits per heavy atom. The first-order chi connectivity index (χ1) is 9.63. The lowest BCUT2D eigenvalue weighted by atomic mass is 9.80. The Balaban J connectivity index is 1.73. The van der Waals surface area contributed by atoms with Gasteiger partial charge in [-0.05, 0) is 17.2 Å². The van der Waals surface area contributed by atoms with E-state index in [0.29, 0.717) is 5.75 Å². The summed E-state index contributed by atoms with van der Waals surface area (Å²) < 4.78 is 19.4. The van der Waals surface area contributed by atoms with Crippen LogP contribution in [0.1, 0.15) is 11.1 Å². The van der Waals surface area contributed by atoms with Gasteiger partial charge in [-0.25, -0.2) is 4.39 Å². The summed E-state index contributed by atoms with van der Waals surface area (Å²) in [6.45, 7) is 0. The highest BCUT2D eigenvalue weighted by Crippen LogP contribution is 2.25. The van der Waals surface area contributed by atoms with Gasteiger partial charge in [-0.1, -0.05) is 30.3 Å². The maximum atomic E-state index is 13.6. The molecule has 2 N–H and O–H groups in total. The van der Waals surface area contributed by atoms with Gasteiger partial charge in [0, 0.05) is 24.4 Å². The molecule has 1 aliphatic rings. The monoisotopic (exact) mass is 272 g/mol. The highest BCUT2D eigenvalue weighted by atomic mass is 19.1. The fourth-order valence-electron chi connectivity index (χ4n) is 2.58. The average Bonchev–Trinajstić information content (AvgIpc) is 2.80. The van der Waals surface area contributed by atoms with Crippen LogP contribution in [0.25, 0.3) is 0 Å². The first kappa shape index (κ1) is 13.2. The molecule has 0 heterocycles. The minimum Gasteiger partial charge on any atom is -0.490 e. The molecule has 0 spiro atoms.